The monoisotopic (exact) mass is 300 g/mol. The first kappa shape index (κ1) is 15.4. The second-order valence-corrected chi connectivity index (χ2v) is 4.76. The van der Waals surface area contributed by atoms with Gasteiger partial charge in [0.2, 0.25) is 0 Å². The molecule has 2 aromatic rings. The van der Waals surface area contributed by atoms with Crippen molar-refractivity contribution < 1.29 is 19.8 Å². The summed E-state index contributed by atoms with van der Waals surface area (Å²) in [7, 11) is 2.97. The molecular formula is C16H16N2O4. The molecule has 22 heavy (non-hydrogen) atoms. The molecule has 2 rings (SSSR count). The number of carbonyl (C=O) groups is 2. The molecule has 0 aliphatic rings. The standard InChI is InChI=1S/C16H16N2O4/c1-17(11-3-7-13(19)8-4-11)15(21)16(22)18(2)12-5-9-14(20)10-6-12/h3-10,19-20H,1-2H3. The molecule has 2 amide bonds. The van der Waals surface area contributed by atoms with Crippen LogP contribution in [0.4, 0.5) is 11.4 Å². The molecule has 0 fully saturated rings. The van der Waals surface area contributed by atoms with Gasteiger partial charge in [-0.15, -0.1) is 0 Å². The van der Waals surface area contributed by atoms with E-state index in [2.05, 4.69) is 0 Å². The number of anilines is 2. The van der Waals surface area contributed by atoms with E-state index in [9.17, 15) is 19.8 Å². The number of likely N-dealkylation sites (N-methyl/N-ethyl adjacent to an activating group) is 2. The Kier molecular flexibility index (Phi) is 4.31. The van der Waals surface area contributed by atoms with Gasteiger partial charge in [0, 0.05) is 25.5 Å². The summed E-state index contributed by atoms with van der Waals surface area (Å²) in [6, 6.07) is 11.9. The average Bonchev–Trinajstić information content (AvgIpc) is 2.53. The first-order chi connectivity index (χ1) is 10.4. The summed E-state index contributed by atoms with van der Waals surface area (Å²) < 4.78 is 0. The predicted molar refractivity (Wildman–Crippen MR) is 83.0 cm³/mol. The van der Waals surface area contributed by atoms with Gasteiger partial charge in [-0.1, -0.05) is 0 Å². The summed E-state index contributed by atoms with van der Waals surface area (Å²) in [6.45, 7) is 0. The van der Waals surface area contributed by atoms with Crippen LogP contribution >= 0.6 is 0 Å². The Morgan fingerprint density at radius 3 is 1.23 bits per heavy atom. The maximum atomic E-state index is 12.2. The minimum atomic E-state index is -0.707. The quantitative estimate of drug-likeness (QED) is 0.828. The van der Waals surface area contributed by atoms with Crippen molar-refractivity contribution in [3.05, 3.63) is 48.5 Å². The van der Waals surface area contributed by atoms with Crippen molar-refractivity contribution in [3.63, 3.8) is 0 Å². The Bertz CT molecular complexity index is 619. The van der Waals surface area contributed by atoms with Gasteiger partial charge in [0.05, 0.1) is 0 Å². The summed E-state index contributed by atoms with van der Waals surface area (Å²) in [5, 5.41) is 18.5. The summed E-state index contributed by atoms with van der Waals surface area (Å²) in [6.07, 6.45) is 0. The van der Waals surface area contributed by atoms with Crippen molar-refractivity contribution in [2.45, 2.75) is 0 Å². The van der Waals surface area contributed by atoms with Crippen LogP contribution in [0.2, 0.25) is 0 Å². The van der Waals surface area contributed by atoms with Gasteiger partial charge in [-0.05, 0) is 48.5 Å². The summed E-state index contributed by atoms with van der Waals surface area (Å²) >= 11 is 0. The Morgan fingerprint density at radius 2 is 0.955 bits per heavy atom. The molecule has 0 spiro atoms. The van der Waals surface area contributed by atoms with Crippen LogP contribution in [0.25, 0.3) is 0 Å². The number of aromatic hydroxyl groups is 2. The smallest absolute Gasteiger partial charge is 0.316 e. The average molecular weight is 300 g/mol. The molecule has 0 radical (unpaired) electrons. The first-order valence-electron chi connectivity index (χ1n) is 6.54. The highest BCUT2D eigenvalue weighted by atomic mass is 16.3. The van der Waals surface area contributed by atoms with Gasteiger partial charge in [-0.3, -0.25) is 9.59 Å². The molecule has 0 heterocycles. The fourth-order valence-corrected chi connectivity index (χ4v) is 1.87. The third-order valence-corrected chi connectivity index (χ3v) is 3.27. The van der Waals surface area contributed by atoms with Crippen LogP contribution in [0.15, 0.2) is 48.5 Å². The van der Waals surface area contributed by atoms with Crippen molar-refractivity contribution in [3.8, 4) is 11.5 Å². The molecule has 0 bridgehead atoms. The predicted octanol–water partition coefficient (Wildman–Crippen LogP) is 1.72. The third-order valence-electron chi connectivity index (χ3n) is 3.27. The normalized spacial score (nSPS) is 10.1. The lowest BCUT2D eigenvalue weighted by Crippen LogP contribution is -2.42. The molecule has 0 saturated carbocycles. The number of nitrogens with zero attached hydrogens (tertiary/aromatic N) is 2. The number of carbonyl (C=O) groups excluding carboxylic acids is 2. The zero-order chi connectivity index (χ0) is 16.3. The molecule has 0 atom stereocenters. The largest absolute Gasteiger partial charge is 0.508 e. The zero-order valence-corrected chi connectivity index (χ0v) is 12.2. The van der Waals surface area contributed by atoms with E-state index in [1.54, 1.807) is 24.3 Å². The Labute approximate surface area is 127 Å². The number of phenolic OH excluding ortho intramolecular Hbond substituents is 2. The van der Waals surface area contributed by atoms with E-state index in [0.717, 1.165) is 0 Å². The van der Waals surface area contributed by atoms with Gasteiger partial charge >= 0.3 is 11.8 Å². The van der Waals surface area contributed by atoms with Crippen molar-refractivity contribution >= 4 is 23.2 Å². The first-order valence-corrected chi connectivity index (χ1v) is 6.54. The lowest BCUT2D eigenvalue weighted by atomic mass is 10.2. The van der Waals surface area contributed by atoms with Gasteiger partial charge < -0.3 is 20.0 Å². The van der Waals surface area contributed by atoms with E-state index in [-0.39, 0.29) is 11.5 Å². The maximum absolute atomic E-state index is 12.2. The van der Waals surface area contributed by atoms with Gasteiger partial charge in [-0.25, -0.2) is 0 Å². The van der Waals surface area contributed by atoms with Crippen molar-refractivity contribution in [1.82, 2.24) is 0 Å². The number of phenols is 2. The van der Waals surface area contributed by atoms with Gasteiger partial charge in [0.25, 0.3) is 0 Å². The fraction of sp³-hybridized carbons (Fsp3) is 0.125. The third kappa shape index (κ3) is 3.17. The van der Waals surface area contributed by atoms with Crippen LogP contribution in [0.3, 0.4) is 0 Å². The molecule has 0 aliphatic heterocycles. The number of amides is 2. The topological polar surface area (TPSA) is 81.1 Å². The van der Waals surface area contributed by atoms with Gasteiger partial charge in [-0.2, -0.15) is 0 Å². The highest BCUT2D eigenvalue weighted by Gasteiger charge is 2.24. The van der Waals surface area contributed by atoms with Crippen LogP contribution in [0.1, 0.15) is 0 Å². The van der Waals surface area contributed by atoms with Crippen molar-refractivity contribution in [1.29, 1.82) is 0 Å². The van der Waals surface area contributed by atoms with E-state index < -0.39 is 11.8 Å². The van der Waals surface area contributed by atoms with Gasteiger partial charge in [0.1, 0.15) is 11.5 Å². The van der Waals surface area contributed by atoms with E-state index in [1.165, 1.54) is 48.2 Å². The number of rotatable bonds is 2. The molecular weight excluding hydrogens is 284 g/mol. The van der Waals surface area contributed by atoms with Crippen LogP contribution < -0.4 is 9.80 Å². The van der Waals surface area contributed by atoms with Crippen LogP contribution in [-0.2, 0) is 9.59 Å². The lowest BCUT2D eigenvalue weighted by Gasteiger charge is -2.21. The van der Waals surface area contributed by atoms with Crippen molar-refractivity contribution in [2.24, 2.45) is 0 Å². The minimum Gasteiger partial charge on any atom is -0.508 e. The summed E-state index contributed by atoms with van der Waals surface area (Å²) in [5.74, 6) is -1.25. The number of hydrogen-bond acceptors (Lipinski definition) is 4. The zero-order valence-electron chi connectivity index (χ0n) is 12.2. The minimum absolute atomic E-state index is 0.0807. The van der Waals surface area contributed by atoms with Crippen LogP contribution in [-0.4, -0.2) is 36.1 Å². The molecule has 114 valence electrons. The Balaban J connectivity index is 2.15. The van der Waals surface area contributed by atoms with E-state index in [4.69, 9.17) is 0 Å². The SMILES string of the molecule is CN(C(=O)C(=O)N(C)c1ccc(O)cc1)c1ccc(O)cc1. The second kappa shape index (κ2) is 6.17. The van der Waals surface area contributed by atoms with E-state index in [0.29, 0.717) is 11.4 Å². The van der Waals surface area contributed by atoms with Crippen LogP contribution in [0, 0.1) is 0 Å². The van der Waals surface area contributed by atoms with E-state index in [1.807, 2.05) is 0 Å². The molecule has 0 saturated heterocycles. The molecule has 6 heteroatoms. The fourth-order valence-electron chi connectivity index (χ4n) is 1.87. The molecule has 2 N–H and O–H groups in total. The molecule has 6 nitrogen and oxygen atoms in total. The van der Waals surface area contributed by atoms with E-state index >= 15 is 0 Å². The highest BCUT2D eigenvalue weighted by molar-refractivity contribution is 6.44. The molecule has 0 aromatic heterocycles. The highest BCUT2D eigenvalue weighted by Crippen LogP contribution is 2.20. The number of hydrogen-bond donors (Lipinski definition) is 2. The van der Waals surface area contributed by atoms with Gasteiger partial charge in [0.15, 0.2) is 0 Å². The Morgan fingerprint density at radius 1 is 0.682 bits per heavy atom. The number of benzene rings is 2. The van der Waals surface area contributed by atoms with Crippen LogP contribution in [0.5, 0.6) is 11.5 Å². The maximum Gasteiger partial charge on any atom is 0.316 e. The molecule has 0 aliphatic carbocycles. The van der Waals surface area contributed by atoms with Crippen molar-refractivity contribution in [2.75, 3.05) is 23.9 Å². The molecule has 2 aromatic carbocycles. The summed E-state index contributed by atoms with van der Waals surface area (Å²) in [5.41, 5.74) is 0.991. The Hall–Kier alpha value is -3.02. The lowest BCUT2D eigenvalue weighted by molar-refractivity contribution is -0.135. The molecule has 0 unspecified atom stereocenters. The summed E-state index contributed by atoms with van der Waals surface area (Å²) in [4.78, 5) is 26.9. The second-order valence-electron chi connectivity index (χ2n) is 4.76.